The molecule has 0 radical (unpaired) electrons. The Kier molecular flexibility index (Phi) is 5.30. The number of ether oxygens (including phenoxy) is 1. The van der Waals surface area contributed by atoms with Crippen molar-refractivity contribution in [2.45, 2.75) is 45.6 Å². The third-order valence-electron chi connectivity index (χ3n) is 3.88. The number of amides is 1. The molecule has 1 N–H and O–H groups in total. The maximum Gasteiger partial charge on any atom is 0.258 e. The highest BCUT2D eigenvalue weighted by Crippen LogP contribution is 2.24. The molecule has 1 aliphatic rings. The summed E-state index contributed by atoms with van der Waals surface area (Å²) in [6, 6.07) is 5.71. The molecule has 0 unspecified atom stereocenters. The van der Waals surface area contributed by atoms with Crippen LogP contribution in [-0.4, -0.2) is 18.6 Å². The fraction of sp³-hybridized carbons (Fsp3) is 0.562. The quantitative estimate of drug-likeness (QED) is 0.919. The Morgan fingerprint density at radius 3 is 2.70 bits per heavy atom. The first-order valence-corrected chi connectivity index (χ1v) is 7.60. The topological polar surface area (TPSA) is 38.3 Å². The minimum absolute atomic E-state index is 0.0427. The third-order valence-corrected chi connectivity index (χ3v) is 4.11. The lowest BCUT2D eigenvalue weighted by Crippen LogP contribution is -2.39. The van der Waals surface area contributed by atoms with Crippen molar-refractivity contribution in [3.05, 3.63) is 28.8 Å². The fourth-order valence-electron chi connectivity index (χ4n) is 2.59. The minimum Gasteiger partial charge on any atom is -0.484 e. The Morgan fingerprint density at radius 2 is 2.05 bits per heavy atom. The summed E-state index contributed by atoms with van der Waals surface area (Å²) < 4.78 is 5.55. The van der Waals surface area contributed by atoms with E-state index in [9.17, 15) is 4.79 Å². The van der Waals surface area contributed by atoms with Crippen molar-refractivity contribution in [2.24, 2.45) is 5.92 Å². The average Bonchev–Trinajstić information content (AvgIpc) is 2.40. The zero-order valence-electron chi connectivity index (χ0n) is 12.1. The van der Waals surface area contributed by atoms with Gasteiger partial charge in [-0.1, -0.05) is 18.5 Å². The first-order valence-electron chi connectivity index (χ1n) is 7.23. The van der Waals surface area contributed by atoms with E-state index in [1.54, 1.807) is 12.1 Å². The number of carbonyl (C=O) groups excluding carboxylic acids is 1. The van der Waals surface area contributed by atoms with Crippen LogP contribution in [0.1, 0.15) is 38.2 Å². The van der Waals surface area contributed by atoms with E-state index in [1.165, 1.54) is 12.8 Å². The van der Waals surface area contributed by atoms with Crippen LogP contribution in [0.25, 0.3) is 0 Å². The summed E-state index contributed by atoms with van der Waals surface area (Å²) in [5, 5.41) is 3.73. The van der Waals surface area contributed by atoms with Crippen LogP contribution in [0.15, 0.2) is 18.2 Å². The summed E-state index contributed by atoms with van der Waals surface area (Å²) in [4.78, 5) is 11.9. The van der Waals surface area contributed by atoms with Crippen LogP contribution in [0, 0.1) is 12.8 Å². The van der Waals surface area contributed by atoms with Crippen molar-refractivity contribution in [3.8, 4) is 5.75 Å². The van der Waals surface area contributed by atoms with Gasteiger partial charge in [-0.15, -0.1) is 0 Å². The number of nitrogens with one attached hydrogen (secondary N) is 1. The highest BCUT2D eigenvalue weighted by atomic mass is 35.5. The smallest absolute Gasteiger partial charge is 0.258 e. The van der Waals surface area contributed by atoms with Gasteiger partial charge in [0.15, 0.2) is 6.61 Å². The lowest BCUT2D eigenvalue weighted by atomic mass is 9.87. The van der Waals surface area contributed by atoms with E-state index in [0.29, 0.717) is 16.8 Å². The molecule has 0 aliphatic heterocycles. The highest BCUT2D eigenvalue weighted by Gasteiger charge is 2.19. The standard InChI is InChI=1S/C16H22ClNO2/c1-11-3-6-14(7-4-11)18-16(19)10-20-15-8-5-13(17)9-12(15)2/h5,8-9,11,14H,3-4,6-7,10H2,1-2H3,(H,18,19). The van der Waals surface area contributed by atoms with Crippen LogP contribution in [0.4, 0.5) is 0 Å². The largest absolute Gasteiger partial charge is 0.484 e. The van der Waals surface area contributed by atoms with Crippen molar-refractivity contribution in [3.63, 3.8) is 0 Å². The molecule has 110 valence electrons. The van der Waals surface area contributed by atoms with Gasteiger partial charge in [-0.2, -0.15) is 0 Å². The van der Waals surface area contributed by atoms with Gasteiger partial charge in [0.2, 0.25) is 0 Å². The Balaban J connectivity index is 1.77. The van der Waals surface area contributed by atoms with E-state index in [4.69, 9.17) is 16.3 Å². The van der Waals surface area contributed by atoms with E-state index in [2.05, 4.69) is 12.2 Å². The molecule has 3 nitrogen and oxygen atoms in total. The van der Waals surface area contributed by atoms with E-state index in [-0.39, 0.29) is 12.5 Å². The van der Waals surface area contributed by atoms with Gasteiger partial charge in [0.25, 0.3) is 5.91 Å². The second-order valence-corrected chi connectivity index (χ2v) is 6.16. The van der Waals surface area contributed by atoms with Crippen LogP contribution in [0.2, 0.25) is 5.02 Å². The minimum atomic E-state index is -0.0427. The summed E-state index contributed by atoms with van der Waals surface area (Å²) >= 11 is 5.89. The number of carbonyl (C=O) groups is 1. The summed E-state index contributed by atoms with van der Waals surface area (Å²) in [6.45, 7) is 4.25. The molecule has 0 atom stereocenters. The Hall–Kier alpha value is -1.22. The Morgan fingerprint density at radius 1 is 1.35 bits per heavy atom. The van der Waals surface area contributed by atoms with Crippen LogP contribution in [0.5, 0.6) is 5.75 Å². The van der Waals surface area contributed by atoms with Gasteiger partial charge in [0.05, 0.1) is 0 Å². The maximum absolute atomic E-state index is 11.9. The van der Waals surface area contributed by atoms with Gasteiger partial charge >= 0.3 is 0 Å². The van der Waals surface area contributed by atoms with Crippen molar-refractivity contribution in [2.75, 3.05) is 6.61 Å². The normalized spacial score (nSPS) is 22.4. The van der Waals surface area contributed by atoms with Crippen LogP contribution in [0.3, 0.4) is 0 Å². The molecule has 1 fully saturated rings. The van der Waals surface area contributed by atoms with E-state index < -0.39 is 0 Å². The number of hydrogen-bond donors (Lipinski definition) is 1. The lowest BCUT2D eigenvalue weighted by Gasteiger charge is -2.26. The second-order valence-electron chi connectivity index (χ2n) is 5.72. The Labute approximate surface area is 125 Å². The average molecular weight is 296 g/mol. The molecule has 0 aromatic heterocycles. The predicted molar refractivity (Wildman–Crippen MR) is 81.2 cm³/mol. The van der Waals surface area contributed by atoms with E-state index in [0.717, 1.165) is 24.3 Å². The van der Waals surface area contributed by atoms with Gasteiger partial charge in [-0.25, -0.2) is 0 Å². The first-order chi connectivity index (χ1) is 9.54. The van der Waals surface area contributed by atoms with Gasteiger partial charge in [-0.3, -0.25) is 4.79 Å². The third kappa shape index (κ3) is 4.41. The monoisotopic (exact) mass is 295 g/mol. The van der Waals surface area contributed by atoms with Crippen LogP contribution < -0.4 is 10.1 Å². The molecule has 1 aromatic rings. The molecule has 0 bridgehead atoms. The van der Waals surface area contributed by atoms with Crippen molar-refractivity contribution < 1.29 is 9.53 Å². The highest BCUT2D eigenvalue weighted by molar-refractivity contribution is 6.30. The summed E-state index contributed by atoms with van der Waals surface area (Å²) in [5.41, 5.74) is 0.941. The molecule has 1 saturated carbocycles. The molecule has 1 aromatic carbocycles. The molecule has 1 amide bonds. The van der Waals surface area contributed by atoms with Gasteiger partial charge in [-0.05, 0) is 62.3 Å². The lowest BCUT2D eigenvalue weighted by molar-refractivity contribution is -0.124. The van der Waals surface area contributed by atoms with Crippen LogP contribution >= 0.6 is 11.6 Å². The second kappa shape index (κ2) is 6.98. The van der Waals surface area contributed by atoms with Crippen molar-refractivity contribution >= 4 is 17.5 Å². The molecule has 1 aliphatic carbocycles. The van der Waals surface area contributed by atoms with Gasteiger partial charge in [0, 0.05) is 11.1 Å². The zero-order chi connectivity index (χ0) is 14.5. The maximum atomic E-state index is 11.9. The Bertz CT molecular complexity index is 468. The molecule has 4 heteroatoms. The number of rotatable bonds is 4. The number of hydrogen-bond acceptors (Lipinski definition) is 2. The summed E-state index contributed by atoms with van der Waals surface area (Å²) in [5.74, 6) is 1.46. The van der Waals surface area contributed by atoms with E-state index >= 15 is 0 Å². The molecule has 2 rings (SSSR count). The summed E-state index contributed by atoms with van der Waals surface area (Å²) in [7, 11) is 0. The number of benzene rings is 1. The molecule has 0 saturated heterocycles. The molecule has 20 heavy (non-hydrogen) atoms. The summed E-state index contributed by atoms with van der Waals surface area (Å²) in [6.07, 6.45) is 4.55. The SMILES string of the molecule is Cc1cc(Cl)ccc1OCC(=O)NC1CCC(C)CC1. The van der Waals surface area contributed by atoms with Crippen LogP contribution in [-0.2, 0) is 4.79 Å². The number of halogens is 1. The van der Waals surface area contributed by atoms with Crippen molar-refractivity contribution in [1.82, 2.24) is 5.32 Å². The fourth-order valence-corrected chi connectivity index (χ4v) is 2.82. The molecular weight excluding hydrogens is 274 g/mol. The van der Waals surface area contributed by atoms with E-state index in [1.807, 2.05) is 13.0 Å². The first kappa shape index (κ1) is 15.2. The predicted octanol–water partition coefficient (Wildman–Crippen LogP) is 3.72. The molecule has 0 heterocycles. The molecule has 0 spiro atoms. The van der Waals surface area contributed by atoms with Gasteiger partial charge < -0.3 is 10.1 Å². The number of aryl methyl sites for hydroxylation is 1. The zero-order valence-corrected chi connectivity index (χ0v) is 12.9. The molecular formula is C16H22ClNO2. The van der Waals surface area contributed by atoms with Crippen molar-refractivity contribution in [1.29, 1.82) is 0 Å². The van der Waals surface area contributed by atoms with Gasteiger partial charge in [0.1, 0.15) is 5.75 Å².